The van der Waals surface area contributed by atoms with Crippen molar-refractivity contribution in [1.29, 1.82) is 0 Å². The highest BCUT2D eigenvalue weighted by Gasteiger charge is 2.16. The number of rotatable bonds is 2. The summed E-state index contributed by atoms with van der Waals surface area (Å²) in [5, 5.41) is 8.82. The van der Waals surface area contributed by atoms with Gasteiger partial charge in [-0.15, -0.1) is 0 Å². The molecule has 4 nitrogen and oxygen atoms in total. The number of hydrogen-bond acceptors (Lipinski definition) is 3. The maximum atomic E-state index is 10.8. The summed E-state index contributed by atoms with van der Waals surface area (Å²) in [6.45, 7) is 1.76. The predicted molar refractivity (Wildman–Crippen MR) is 50.2 cm³/mol. The molecule has 70 valence electrons. The molecule has 0 bridgehead atoms. The van der Waals surface area contributed by atoms with Crippen molar-refractivity contribution in [3.63, 3.8) is 0 Å². The van der Waals surface area contributed by atoms with Gasteiger partial charge in [0.25, 0.3) is 0 Å². The summed E-state index contributed by atoms with van der Waals surface area (Å²) in [6, 6.07) is 1.58. The minimum atomic E-state index is -1.06. The van der Waals surface area contributed by atoms with Crippen LogP contribution in [0, 0.1) is 6.92 Å². The van der Waals surface area contributed by atoms with E-state index in [1.54, 1.807) is 13.0 Å². The molecule has 0 aliphatic heterocycles. The minimum absolute atomic E-state index is 0.0492. The van der Waals surface area contributed by atoms with Gasteiger partial charge in [0, 0.05) is 11.8 Å². The van der Waals surface area contributed by atoms with Crippen molar-refractivity contribution < 1.29 is 14.6 Å². The number of aromatic carboxylic acids is 1. The molecular formula is C8H8BrNO3. The zero-order chi connectivity index (χ0) is 10.0. The van der Waals surface area contributed by atoms with E-state index >= 15 is 0 Å². The highest BCUT2D eigenvalue weighted by molar-refractivity contribution is 9.10. The molecule has 1 N–H and O–H groups in total. The summed E-state index contributed by atoms with van der Waals surface area (Å²) in [4.78, 5) is 14.7. The van der Waals surface area contributed by atoms with Crippen molar-refractivity contribution in [2.45, 2.75) is 6.92 Å². The zero-order valence-electron chi connectivity index (χ0n) is 7.17. The van der Waals surface area contributed by atoms with Crippen LogP contribution in [0.2, 0.25) is 0 Å². The average molecular weight is 246 g/mol. The number of carboxylic acid groups (broad SMARTS) is 1. The van der Waals surface area contributed by atoms with E-state index in [1.165, 1.54) is 7.11 Å². The molecule has 0 unspecified atom stereocenters. The minimum Gasteiger partial charge on any atom is -0.496 e. The predicted octanol–water partition coefficient (Wildman–Crippen LogP) is 1.86. The van der Waals surface area contributed by atoms with Crippen molar-refractivity contribution in [2.24, 2.45) is 0 Å². The molecule has 1 heterocycles. The number of carbonyl (C=O) groups is 1. The average Bonchev–Trinajstić information content (AvgIpc) is 2.01. The third-order valence-corrected chi connectivity index (χ3v) is 2.07. The van der Waals surface area contributed by atoms with Gasteiger partial charge in [-0.1, -0.05) is 0 Å². The number of pyridine rings is 1. The molecule has 1 rings (SSSR count). The number of aromatic nitrogens is 1. The fourth-order valence-electron chi connectivity index (χ4n) is 0.961. The molecule has 0 saturated carbocycles. The quantitative estimate of drug-likeness (QED) is 0.809. The van der Waals surface area contributed by atoms with Gasteiger partial charge in [0.15, 0.2) is 0 Å². The van der Waals surface area contributed by atoms with E-state index < -0.39 is 5.97 Å². The Balaban J connectivity index is 3.38. The molecule has 0 saturated heterocycles. The maximum Gasteiger partial charge on any atom is 0.342 e. The molecule has 0 aromatic carbocycles. The van der Waals surface area contributed by atoms with Gasteiger partial charge in [0.05, 0.1) is 7.11 Å². The van der Waals surface area contributed by atoms with Gasteiger partial charge in [-0.3, -0.25) is 0 Å². The lowest BCUT2D eigenvalue weighted by molar-refractivity contribution is 0.0691. The van der Waals surface area contributed by atoms with E-state index in [4.69, 9.17) is 9.84 Å². The lowest BCUT2D eigenvalue weighted by atomic mass is 10.2. The van der Waals surface area contributed by atoms with Crippen molar-refractivity contribution in [3.05, 3.63) is 21.9 Å². The third-order valence-electron chi connectivity index (χ3n) is 1.50. The summed E-state index contributed by atoms with van der Waals surface area (Å²) in [7, 11) is 1.42. The van der Waals surface area contributed by atoms with Crippen molar-refractivity contribution in [3.8, 4) is 5.75 Å². The van der Waals surface area contributed by atoms with Gasteiger partial charge < -0.3 is 9.84 Å². The lowest BCUT2D eigenvalue weighted by Gasteiger charge is -2.06. The smallest absolute Gasteiger partial charge is 0.342 e. The van der Waals surface area contributed by atoms with Crippen LogP contribution in [-0.4, -0.2) is 23.2 Å². The summed E-state index contributed by atoms with van der Waals surface area (Å²) < 4.78 is 5.21. The molecule has 1 aromatic rings. The first-order valence-corrected chi connectivity index (χ1v) is 4.30. The zero-order valence-corrected chi connectivity index (χ0v) is 8.75. The standard InChI is InChI=1S/C8H8BrNO3/c1-4-3-5(13-2)6(8(11)12)7(9)10-4/h3H,1-2H3,(H,11,12). The molecule has 0 aliphatic rings. The highest BCUT2D eigenvalue weighted by atomic mass is 79.9. The molecule has 13 heavy (non-hydrogen) atoms. The first-order valence-electron chi connectivity index (χ1n) is 3.50. The van der Waals surface area contributed by atoms with E-state index in [0.717, 1.165) is 0 Å². The first kappa shape index (κ1) is 9.98. The van der Waals surface area contributed by atoms with E-state index in [2.05, 4.69) is 20.9 Å². The van der Waals surface area contributed by atoms with Gasteiger partial charge in [-0.2, -0.15) is 0 Å². The molecule has 0 radical (unpaired) electrons. The van der Waals surface area contributed by atoms with Crippen LogP contribution in [0.25, 0.3) is 0 Å². The number of hydrogen-bond donors (Lipinski definition) is 1. The second-order valence-electron chi connectivity index (χ2n) is 2.44. The molecule has 0 fully saturated rings. The molecular weight excluding hydrogens is 238 g/mol. The first-order chi connectivity index (χ1) is 6.06. The third kappa shape index (κ3) is 1.98. The normalized spacial score (nSPS) is 9.77. The fraction of sp³-hybridized carbons (Fsp3) is 0.250. The Morgan fingerprint density at radius 3 is 2.77 bits per heavy atom. The number of carboxylic acids is 1. The van der Waals surface area contributed by atoms with E-state index in [9.17, 15) is 4.79 Å². The van der Waals surface area contributed by atoms with E-state index in [1.807, 2.05) is 0 Å². The summed E-state index contributed by atoms with van der Waals surface area (Å²) >= 11 is 3.07. The van der Waals surface area contributed by atoms with Crippen LogP contribution < -0.4 is 4.74 Å². The van der Waals surface area contributed by atoms with E-state index in [0.29, 0.717) is 11.4 Å². The number of nitrogens with zero attached hydrogens (tertiary/aromatic N) is 1. The van der Waals surface area contributed by atoms with Crippen LogP contribution in [0.15, 0.2) is 10.7 Å². The van der Waals surface area contributed by atoms with Gasteiger partial charge in [0.2, 0.25) is 0 Å². The van der Waals surface area contributed by atoms with Crippen LogP contribution in [0.3, 0.4) is 0 Å². The Kier molecular flexibility index (Phi) is 2.87. The summed E-state index contributed by atoms with van der Waals surface area (Å²) in [5.41, 5.74) is 0.752. The topological polar surface area (TPSA) is 59.4 Å². The largest absolute Gasteiger partial charge is 0.496 e. The van der Waals surface area contributed by atoms with Crippen LogP contribution in [0.5, 0.6) is 5.75 Å². The SMILES string of the molecule is COc1cc(C)nc(Br)c1C(=O)O. The molecule has 1 aromatic heterocycles. The highest BCUT2D eigenvalue weighted by Crippen LogP contribution is 2.25. The molecule has 0 atom stereocenters. The summed E-state index contributed by atoms with van der Waals surface area (Å²) in [5.74, 6) is -0.747. The number of ether oxygens (including phenoxy) is 1. The fourth-order valence-corrected chi connectivity index (χ4v) is 1.61. The van der Waals surface area contributed by atoms with Crippen molar-refractivity contribution >= 4 is 21.9 Å². The monoisotopic (exact) mass is 245 g/mol. The van der Waals surface area contributed by atoms with Crippen LogP contribution in [-0.2, 0) is 0 Å². The summed E-state index contributed by atoms with van der Waals surface area (Å²) in [6.07, 6.45) is 0. The number of methoxy groups -OCH3 is 1. The van der Waals surface area contributed by atoms with Gasteiger partial charge in [0.1, 0.15) is 15.9 Å². The molecule has 0 amide bonds. The Labute approximate surface area is 83.7 Å². The van der Waals surface area contributed by atoms with Crippen molar-refractivity contribution in [2.75, 3.05) is 7.11 Å². The van der Waals surface area contributed by atoms with Crippen molar-refractivity contribution in [1.82, 2.24) is 4.98 Å². The second kappa shape index (κ2) is 3.74. The molecule has 5 heteroatoms. The van der Waals surface area contributed by atoms with E-state index in [-0.39, 0.29) is 10.2 Å². The Morgan fingerprint density at radius 1 is 1.69 bits per heavy atom. The lowest BCUT2D eigenvalue weighted by Crippen LogP contribution is -2.04. The van der Waals surface area contributed by atoms with Crippen LogP contribution in [0.4, 0.5) is 0 Å². The Morgan fingerprint density at radius 2 is 2.31 bits per heavy atom. The Bertz CT molecular complexity index is 351. The van der Waals surface area contributed by atoms with Gasteiger partial charge in [-0.05, 0) is 22.9 Å². The Hall–Kier alpha value is -1.10. The maximum absolute atomic E-state index is 10.8. The number of aryl methyl sites for hydroxylation is 1. The second-order valence-corrected chi connectivity index (χ2v) is 3.19. The van der Waals surface area contributed by atoms with Gasteiger partial charge >= 0.3 is 5.97 Å². The number of halogens is 1. The van der Waals surface area contributed by atoms with Gasteiger partial charge in [-0.25, -0.2) is 9.78 Å². The van der Waals surface area contributed by atoms with Crippen LogP contribution >= 0.6 is 15.9 Å². The molecule has 0 aliphatic carbocycles. The van der Waals surface area contributed by atoms with Crippen LogP contribution in [0.1, 0.15) is 16.1 Å². The molecule has 0 spiro atoms.